The van der Waals surface area contributed by atoms with Gasteiger partial charge in [0.25, 0.3) is 0 Å². The van der Waals surface area contributed by atoms with Crippen molar-refractivity contribution in [1.82, 2.24) is 0 Å². The molecule has 0 spiro atoms. The molecule has 53 heavy (non-hydrogen) atoms. The Morgan fingerprint density at radius 3 is 1.42 bits per heavy atom. The van der Waals surface area contributed by atoms with E-state index in [1.165, 1.54) is 83.5 Å². The van der Waals surface area contributed by atoms with Crippen molar-refractivity contribution < 1.29 is 0 Å². The number of hydrogen-bond acceptors (Lipinski definition) is 0. The van der Waals surface area contributed by atoms with Crippen LogP contribution in [0.25, 0.3) is 33.4 Å². The fraction of sp³-hybridized carbons (Fsp3) is 0.321. The van der Waals surface area contributed by atoms with Crippen molar-refractivity contribution in [1.29, 1.82) is 0 Å². The van der Waals surface area contributed by atoms with Crippen LogP contribution >= 0.6 is 0 Å². The van der Waals surface area contributed by atoms with Crippen LogP contribution in [0, 0.1) is 20.8 Å². The van der Waals surface area contributed by atoms with Crippen molar-refractivity contribution in [3.63, 3.8) is 0 Å². The van der Waals surface area contributed by atoms with E-state index in [1.54, 1.807) is 0 Å². The van der Waals surface area contributed by atoms with Crippen molar-refractivity contribution in [2.24, 2.45) is 0 Å². The summed E-state index contributed by atoms with van der Waals surface area (Å²) in [5.41, 5.74) is 21.6. The molecule has 0 bridgehead atoms. The van der Waals surface area contributed by atoms with E-state index in [9.17, 15) is 0 Å². The molecule has 6 aromatic carbocycles. The lowest BCUT2D eigenvalue weighted by atomic mass is 9.71. The Morgan fingerprint density at radius 1 is 0.377 bits per heavy atom. The van der Waals surface area contributed by atoms with Gasteiger partial charge >= 0.3 is 0 Å². The molecule has 6 aromatic rings. The summed E-state index contributed by atoms with van der Waals surface area (Å²) in [4.78, 5) is 0. The molecule has 0 aromatic heterocycles. The predicted octanol–water partition coefficient (Wildman–Crippen LogP) is 14.9. The summed E-state index contributed by atoms with van der Waals surface area (Å²) in [7, 11) is 0. The Balaban J connectivity index is 0.000000144. The lowest BCUT2D eigenvalue weighted by Gasteiger charge is -2.32. The van der Waals surface area contributed by atoms with Gasteiger partial charge in [-0.25, -0.2) is 0 Å². The van der Waals surface area contributed by atoms with Gasteiger partial charge in [-0.15, -0.1) is 0 Å². The van der Waals surface area contributed by atoms with Gasteiger partial charge < -0.3 is 0 Å². The number of hydrogen-bond donors (Lipinski definition) is 0. The van der Waals surface area contributed by atoms with Gasteiger partial charge in [0.15, 0.2) is 0 Å². The monoisotopic (exact) mass is 696 g/mol. The molecule has 0 heterocycles. The van der Waals surface area contributed by atoms with Gasteiger partial charge in [0, 0.05) is 10.8 Å². The standard InChI is InChI=1S/C24H32.C16H16.C13H12/c1-15-10-11-17-18-13-16(22(2,3)4)14-20(23(5,6)7)21(18)24(8,9)19(17)12-15;1-11-8-9-13-12-6-4-5-7-14(12)16(2,3)15(13)10-11;1-11-7-9-13(10-8-11)12-5-3-2-4-6-12/h10-14H,1-9H3;4-10H,1-3H3;2-10H,1H3. The van der Waals surface area contributed by atoms with Gasteiger partial charge in [-0.3, -0.25) is 0 Å². The minimum atomic E-state index is 0.0652. The van der Waals surface area contributed by atoms with E-state index >= 15 is 0 Å². The summed E-state index contributed by atoms with van der Waals surface area (Å²) in [6, 6.07) is 46.5. The lowest BCUT2D eigenvalue weighted by molar-refractivity contribution is 0.545. The molecule has 2 aliphatic rings. The minimum Gasteiger partial charge on any atom is -0.0622 e. The van der Waals surface area contributed by atoms with Crippen LogP contribution in [0.15, 0.2) is 127 Å². The van der Waals surface area contributed by atoms with E-state index in [0.29, 0.717) is 0 Å². The van der Waals surface area contributed by atoms with Crippen molar-refractivity contribution in [3.05, 3.63) is 177 Å². The van der Waals surface area contributed by atoms with Gasteiger partial charge in [-0.05, 0) is 98.4 Å². The van der Waals surface area contributed by atoms with Crippen molar-refractivity contribution >= 4 is 0 Å². The predicted molar refractivity (Wildman–Crippen MR) is 232 cm³/mol. The van der Waals surface area contributed by atoms with E-state index < -0.39 is 0 Å². The Morgan fingerprint density at radius 2 is 0.849 bits per heavy atom. The fourth-order valence-corrected chi connectivity index (χ4v) is 8.29. The maximum absolute atomic E-state index is 2.47. The maximum atomic E-state index is 2.47. The molecule has 0 nitrogen and oxygen atoms in total. The van der Waals surface area contributed by atoms with Gasteiger partial charge in [0.2, 0.25) is 0 Å². The zero-order chi connectivity index (χ0) is 38.5. The van der Waals surface area contributed by atoms with E-state index in [-0.39, 0.29) is 21.7 Å². The number of aryl methyl sites for hydroxylation is 3. The molecule has 0 fully saturated rings. The topological polar surface area (TPSA) is 0 Å². The molecule has 0 atom stereocenters. The van der Waals surface area contributed by atoms with E-state index in [4.69, 9.17) is 0 Å². The summed E-state index contributed by atoms with van der Waals surface area (Å²) < 4.78 is 0. The second-order valence-corrected chi connectivity index (χ2v) is 18.6. The first-order chi connectivity index (χ1) is 24.8. The summed E-state index contributed by atoms with van der Waals surface area (Å²) in [6.45, 7) is 29.9. The smallest absolute Gasteiger partial charge is 0.0161 e. The first-order valence-electron chi connectivity index (χ1n) is 19.4. The van der Waals surface area contributed by atoms with E-state index in [0.717, 1.165) is 0 Å². The van der Waals surface area contributed by atoms with E-state index in [2.05, 4.69) is 211 Å². The van der Waals surface area contributed by atoms with Crippen LogP contribution in [0.1, 0.15) is 119 Å². The van der Waals surface area contributed by atoms with Gasteiger partial charge in [-0.2, -0.15) is 0 Å². The van der Waals surface area contributed by atoms with Crippen LogP contribution in [0.4, 0.5) is 0 Å². The molecule has 0 heteroatoms. The third-order valence-electron chi connectivity index (χ3n) is 11.5. The van der Waals surface area contributed by atoms with E-state index in [1.807, 2.05) is 6.07 Å². The summed E-state index contributed by atoms with van der Waals surface area (Å²) in [6.07, 6.45) is 0. The molecule has 0 radical (unpaired) electrons. The van der Waals surface area contributed by atoms with Crippen LogP contribution in [0.5, 0.6) is 0 Å². The number of fused-ring (bicyclic) bond motifs is 6. The highest BCUT2D eigenvalue weighted by Crippen LogP contribution is 2.53. The molecule has 8 rings (SSSR count). The highest BCUT2D eigenvalue weighted by atomic mass is 14.4. The molecule has 0 N–H and O–H groups in total. The van der Waals surface area contributed by atoms with Crippen LogP contribution in [-0.2, 0) is 21.7 Å². The summed E-state index contributed by atoms with van der Waals surface area (Å²) in [5, 5.41) is 0. The van der Waals surface area contributed by atoms with Gasteiger partial charge in [0.05, 0.1) is 0 Å². The highest BCUT2D eigenvalue weighted by molar-refractivity contribution is 5.84. The van der Waals surface area contributed by atoms with Crippen molar-refractivity contribution in [2.45, 2.75) is 112 Å². The molecular formula is C53H60. The van der Waals surface area contributed by atoms with Crippen LogP contribution < -0.4 is 0 Å². The van der Waals surface area contributed by atoms with Crippen LogP contribution in [0.3, 0.4) is 0 Å². The second-order valence-electron chi connectivity index (χ2n) is 18.6. The van der Waals surface area contributed by atoms with Gasteiger partial charge in [-0.1, -0.05) is 213 Å². The number of rotatable bonds is 1. The molecule has 2 aliphatic carbocycles. The third kappa shape index (κ3) is 7.44. The molecular weight excluding hydrogens is 637 g/mol. The normalized spacial score (nSPS) is 14.4. The lowest BCUT2D eigenvalue weighted by Crippen LogP contribution is -2.24. The molecule has 0 saturated carbocycles. The highest BCUT2D eigenvalue weighted by Gasteiger charge is 2.40. The minimum absolute atomic E-state index is 0.0652. The zero-order valence-electron chi connectivity index (χ0n) is 34.6. The molecule has 0 aliphatic heterocycles. The summed E-state index contributed by atoms with van der Waals surface area (Å²) >= 11 is 0. The quantitative estimate of drug-likeness (QED) is 0.161. The average Bonchev–Trinajstić information content (AvgIpc) is 3.47. The largest absolute Gasteiger partial charge is 0.0622 e. The molecule has 0 unspecified atom stereocenters. The SMILES string of the molecule is Cc1ccc(-c2ccccc2)cc1.Cc1ccc2c(c1)C(C)(C)c1c-2cc(C(C)(C)C)cc1C(C)(C)C.Cc1ccc2c(c1)C(C)(C)c1ccccc1-2. The molecule has 0 saturated heterocycles. The Kier molecular flexibility index (Phi) is 10.0. The summed E-state index contributed by atoms with van der Waals surface area (Å²) in [5.74, 6) is 0. The fourth-order valence-electron chi connectivity index (χ4n) is 8.29. The first kappa shape index (κ1) is 38.1. The van der Waals surface area contributed by atoms with Crippen LogP contribution in [0.2, 0.25) is 0 Å². The van der Waals surface area contributed by atoms with Gasteiger partial charge in [0.1, 0.15) is 0 Å². The van der Waals surface area contributed by atoms with Crippen molar-refractivity contribution in [3.8, 4) is 33.4 Å². The Hall–Kier alpha value is -4.68. The first-order valence-corrected chi connectivity index (χ1v) is 19.4. The second kappa shape index (κ2) is 13.9. The van der Waals surface area contributed by atoms with Crippen molar-refractivity contribution in [2.75, 3.05) is 0 Å². The molecule has 0 amide bonds. The Labute approximate surface area is 321 Å². The maximum Gasteiger partial charge on any atom is 0.0161 e. The Bertz CT molecular complexity index is 2240. The third-order valence-corrected chi connectivity index (χ3v) is 11.5. The van der Waals surface area contributed by atoms with Crippen LogP contribution in [-0.4, -0.2) is 0 Å². The molecule has 272 valence electrons. The number of benzene rings is 6. The average molecular weight is 697 g/mol. The zero-order valence-corrected chi connectivity index (χ0v) is 34.6.